The fraction of sp³-hybridized carbons (Fsp3) is 0. The van der Waals surface area contributed by atoms with Crippen molar-refractivity contribution < 1.29 is 9.02 Å². The van der Waals surface area contributed by atoms with Gasteiger partial charge in [-0.2, -0.15) is 0 Å². The van der Waals surface area contributed by atoms with Gasteiger partial charge in [-0.1, -0.05) is 11.8 Å². The summed E-state index contributed by atoms with van der Waals surface area (Å²) >= 11 is 1.45. The molecule has 0 fully saturated rings. The van der Waals surface area contributed by atoms with Gasteiger partial charge in [-0.05, 0) is 46.7 Å². The topological polar surface area (TPSA) is 64.9 Å². The predicted molar refractivity (Wildman–Crippen MR) is 66.7 cm³/mol. The van der Waals surface area contributed by atoms with Crippen LogP contribution in [-0.2, 0) is 0 Å². The maximum Gasteiger partial charge on any atom is 0.159 e. The summed E-state index contributed by atoms with van der Waals surface area (Å²) in [5, 5.41) is 7.58. The average Bonchev–Trinajstić information content (AvgIpc) is 2.86. The van der Waals surface area contributed by atoms with E-state index in [-0.39, 0.29) is 5.82 Å². The molecule has 0 aliphatic rings. The Hall–Kier alpha value is -2.08. The van der Waals surface area contributed by atoms with Gasteiger partial charge in [0.1, 0.15) is 5.82 Å². The highest BCUT2D eigenvalue weighted by Crippen LogP contribution is 2.34. The number of fused-ring (bicyclic) bond motifs is 1. The predicted octanol–water partition coefficient (Wildman–Crippen LogP) is 3.10. The van der Waals surface area contributed by atoms with Crippen LogP contribution in [0, 0.1) is 5.82 Å². The molecular formula is C12H8FN3OS. The molecule has 2 N–H and O–H groups in total. The fourth-order valence-electron chi connectivity index (χ4n) is 1.57. The van der Waals surface area contributed by atoms with E-state index in [2.05, 4.69) is 14.9 Å². The number of hydrogen-bond donors (Lipinski definition) is 1. The molecule has 0 atom stereocenters. The molecule has 1 aromatic heterocycles. The lowest BCUT2D eigenvalue weighted by Gasteiger charge is -2.02. The Morgan fingerprint density at radius 3 is 2.50 bits per heavy atom. The molecule has 0 aliphatic carbocycles. The lowest BCUT2D eigenvalue weighted by atomic mass is 10.3. The lowest BCUT2D eigenvalue weighted by molar-refractivity contribution is 0.315. The van der Waals surface area contributed by atoms with Crippen LogP contribution in [0.3, 0.4) is 0 Å². The molecule has 0 saturated heterocycles. The molecule has 2 aromatic carbocycles. The fourth-order valence-corrected chi connectivity index (χ4v) is 2.47. The molecule has 3 aromatic rings. The van der Waals surface area contributed by atoms with Crippen molar-refractivity contribution in [1.82, 2.24) is 10.3 Å². The Balaban J connectivity index is 2.02. The summed E-state index contributed by atoms with van der Waals surface area (Å²) in [4.78, 5) is 1.78. The van der Waals surface area contributed by atoms with Gasteiger partial charge in [-0.15, -0.1) is 0 Å². The van der Waals surface area contributed by atoms with Gasteiger partial charge in [0.15, 0.2) is 11.0 Å². The Morgan fingerprint density at radius 2 is 1.72 bits per heavy atom. The highest BCUT2D eigenvalue weighted by atomic mass is 32.2. The molecule has 18 heavy (non-hydrogen) atoms. The van der Waals surface area contributed by atoms with Crippen LogP contribution in [0.15, 0.2) is 50.8 Å². The molecular weight excluding hydrogens is 253 g/mol. The van der Waals surface area contributed by atoms with Gasteiger partial charge in [-0.25, -0.2) is 9.02 Å². The van der Waals surface area contributed by atoms with Crippen LogP contribution in [0.4, 0.5) is 10.1 Å². The lowest BCUT2D eigenvalue weighted by Crippen LogP contribution is -1.87. The van der Waals surface area contributed by atoms with E-state index < -0.39 is 0 Å². The third-order valence-electron chi connectivity index (χ3n) is 2.45. The van der Waals surface area contributed by atoms with E-state index in [9.17, 15) is 4.39 Å². The van der Waals surface area contributed by atoms with Gasteiger partial charge in [0.25, 0.3) is 0 Å². The standard InChI is InChI=1S/C12H8FN3OS/c13-7-1-3-8(4-2-7)18-10-6-5-9(14)11-12(10)16-17-15-11/h1-6H,14H2. The van der Waals surface area contributed by atoms with Crippen LogP contribution >= 0.6 is 11.8 Å². The molecule has 0 bridgehead atoms. The summed E-state index contributed by atoms with van der Waals surface area (Å²) < 4.78 is 17.5. The molecule has 3 rings (SSSR count). The number of nitrogen functional groups attached to an aromatic ring is 1. The normalized spacial score (nSPS) is 10.9. The Kier molecular flexibility index (Phi) is 2.64. The number of anilines is 1. The molecule has 6 heteroatoms. The number of rotatable bonds is 2. The summed E-state index contributed by atoms with van der Waals surface area (Å²) in [7, 11) is 0. The number of nitrogens with two attached hydrogens (primary N) is 1. The van der Waals surface area contributed by atoms with Crippen molar-refractivity contribution in [3.63, 3.8) is 0 Å². The second-order valence-electron chi connectivity index (χ2n) is 3.67. The minimum atomic E-state index is -0.259. The second kappa shape index (κ2) is 4.30. The molecule has 4 nitrogen and oxygen atoms in total. The minimum Gasteiger partial charge on any atom is -0.397 e. The highest BCUT2D eigenvalue weighted by Gasteiger charge is 2.11. The van der Waals surface area contributed by atoms with E-state index in [1.54, 1.807) is 18.2 Å². The zero-order chi connectivity index (χ0) is 12.5. The van der Waals surface area contributed by atoms with Gasteiger partial charge in [-0.3, -0.25) is 0 Å². The third kappa shape index (κ3) is 1.91. The number of nitrogens with zero attached hydrogens (tertiary/aromatic N) is 2. The first-order chi connectivity index (χ1) is 8.74. The molecule has 0 amide bonds. The van der Waals surface area contributed by atoms with Crippen molar-refractivity contribution in [2.45, 2.75) is 9.79 Å². The second-order valence-corrected chi connectivity index (χ2v) is 4.79. The average molecular weight is 261 g/mol. The zero-order valence-electron chi connectivity index (χ0n) is 9.13. The summed E-state index contributed by atoms with van der Waals surface area (Å²) in [5.41, 5.74) is 7.44. The summed E-state index contributed by atoms with van der Waals surface area (Å²) in [6.07, 6.45) is 0. The van der Waals surface area contributed by atoms with E-state index in [1.165, 1.54) is 23.9 Å². The number of halogens is 1. The van der Waals surface area contributed by atoms with E-state index in [0.29, 0.717) is 16.7 Å². The van der Waals surface area contributed by atoms with Gasteiger partial charge < -0.3 is 5.73 Å². The first kappa shape index (κ1) is 11.0. The Bertz CT molecular complexity index is 696. The quantitative estimate of drug-likeness (QED) is 0.718. The van der Waals surface area contributed by atoms with Crippen LogP contribution in [0.25, 0.3) is 11.0 Å². The van der Waals surface area contributed by atoms with Crippen LogP contribution in [0.2, 0.25) is 0 Å². The van der Waals surface area contributed by atoms with Gasteiger partial charge in [0.2, 0.25) is 0 Å². The number of aromatic nitrogens is 2. The smallest absolute Gasteiger partial charge is 0.159 e. The van der Waals surface area contributed by atoms with E-state index >= 15 is 0 Å². The Labute approximate surface area is 106 Å². The maximum absolute atomic E-state index is 12.8. The van der Waals surface area contributed by atoms with Crippen LogP contribution in [0.5, 0.6) is 0 Å². The molecule has 1 heterocycles. The first-order valence-electron chi connectivity index (χ1n) is 5.18. The van der Waals surface area contributed by atoms with Crippen molar-refractivity contribution in [3.8, 4) is 0 Å². The monoisotopic (exact) mass is 261 g/mol. The summed E-state index contributed by atoms with van der Waals surface area (Å²) in [5.74, 6) is -0.259. The van der Waals surface area contributed by atoms with Crippen LogP contribution in [-0.4, -0.2) is 10.3 Å². The molecule has 0 spiro atoms. The summed E-state index contributed by atoms with van der Waals surface area (Å²) in [6.45, 7) is 0. The van der Waals surface area contributed by atoms with Gasteiger partial charge >= 0.3 is 0 Å². The van der Waals surface area contributed by atoms with Crippen molar-refractivity contribution in [2.75, 3.05) is 5.73 Å². The molecule has 90 valence electrons. The van der Waals surface area contributed by atoms with Crippen LogP contribution in [0.1, 0.15) is 0 Å². The van der Waals surface area contributed by atoms with Crippen molar-refractivity contribution >= 4 is 28.5 Å². The van der Waals surface area contributed by atoms with Crippen molar-refractivity contribution in [1.29, 1.82) is 0 Å². The van der Waals surface area contributed by atoms with E-state index in [1.807, 2.05) is 6.07 Å². The van der Waals surface area contributed by atoms with Crippen molar-refractivity contribution in [3.05, 3.63) is 42.2 Å². The largest absolute Gasteiger partial charge is 0.397 e. The molecule has 0 saturated carbocycles. The molecule has 0 aliphatic heterocycles. The molecule has 0 unspecified atom stereocenters. The van der Waals surface area contributed by atoms with Crippen LogP contribution < -0.4 is 5.73 Å². The van der Waals surface area contributed by atoms with E-state index in [4.69, 9.17) is 5.73 Å². The first-order valence-corrected chi connectivity index (χ1v) is 6.00. The number of hydrogen-bond acceptors (Lipinski definition) is 5. The van der Waals surface area contributed by atoms with Gasteiger partial charge in [0, 0.05) is 9.79 Å². The van der Waals surface area contributed by atoms with Crippen molar-refractivity contribution in [2.24, 2.45) is 0 Å². The molecule has 0 radical (unpaired) electrons. The minimum absolute atomic E-state index is 0.259. The maximum atomic E-state index is 12.8. The third-order valence-corrected chi connectivity index (χ3v) is 3.51. The van der Waals surface area contributed by atoms with E-state index in [0.717, 1.165) is 9.79 Å². The number of benzene rings is 2. The summed E-state index contributed by atoms with van der Waals surface area (Å²) in [6, 6.07) is 9.83. The Morgan fingerprint density at radius 1 is 1.00 bits per heavy atom. The highest BCUT2D eigenvalue weighted by molar-refractivity contribution is 7.99. The SMILES string of the molecule is Nc1ccc(Sc2ccc(F)cc2)c2nonc12. The van der Waals surface area contributed by atoms with Gasteiger partial charge in [0.05, 0.1) is 5.69 Å². The zero-order valence-corrected chi connectivity index (χ0v) is 9.95.